The number of hydrogen-bond donors (Lipinski definition) is 0. The predicted molar refractivity (Wildman–Crippen MR) is 93.6 cm³/mol. The number of benzene rings is 1. The Kier molecular flexibility index (Phi) is 4.70. The lowest BCUT2D eigenvalue weighted by molar-refractivity contribution is 0.384. The fourth-order valence-corrected chi connectivity index (χ4v) is 4.78. The van der Waals surface area contributed by atoms with E-state index >= 15 is 0 Å². The normalized spacial score (nSPS) is 16.9. The van der Waals surface area contributed by atoms with Gasteiger partial charge in [0.15, 0.2) is 5.13 Å². The van der Waals surface area contributed by atoms with Crippen molar-refractivity contribution < 1.29 is 8.42 Å². The van der Waals surface area contributed by atoms with Crippen LogP contribution >= 0.6 is 11.3 Å². The van der Waals surface area contributed by atoms with Crippen LogP contribution in [0.2, 0.25) is 0 Å². The molecular weight excluding hydrogens is 330 g/mol. The van der Waals surface area contributed by atoms with Crippen LogP contribution in [0.25, 0.3) is 0 Å². The topological polar surface area (TPSA) is 53.5 Å². The number of rotatable bonds is 4. The lowest BCUT2D eigenvalue weighted by Gasteiger charge is -2.33. The van der Waals surface area contributed by atoms with E-state index in [1.54, 1.807) is 34.0 Å². The number of sulfonamides is 1. The van der Waals surface area contributed by atoms with E-state index in [9.17, 15) is 8.42 Å². The molecule has 23 heavy (non-hydrogen) atoms. The Hall–Kier alpha value is -1.44. The van der Waals surface area contributed by atoms with Gasteiger partial charge in [0.2, 0.25) is 10.0 Å². The Morgan fingerprint density at radius 1 is 1.09 bits per heavy atom. The van der Waals surface area contributed by atoms with Gasteiger partial charge < -0.3 is 4.90 Å². The van der Waals surface area contributed by atoms with Crippen LogP contribution in [-0.2, 0) is 10.0 Å². The fraction of sp³-hybridized carbons (Fsp3) is 0.438. The molecule has 5 nitrogen and oxygen atoms in total. The molecule has 0 N–H and O–H groups in total. The molecule has 0 aliphatic carbocycles. The summed E-state index contributed by atoms with van der Waals surface area (Å²) in [7, 11) is -3.41. The van der Waals surface area contributed by atoms with Gasteiger partial charge in [0, 0.05) is 37.8 Å². The molecule has 0 amide bonds. The second-order valence-electron chi connectivity index (χ2n) is 5.93. The van der Waals surface area contributed by atoms with Gasteiger partial charge in [-0.15, -0.1) is 11.3 Å². The molecule has 0 spiro atoms. The SMILES string of the molecule is CC(C)c1ccc(S(=O)(=O)N2CCN(c3nccs3)CC2)cc1. The molecule has 1 aliphatic heterocycles. The van der Waals surface area contributed by atoms with Crippen LogP contribution in [0.15, 0.2) is 40.7 Å². The third-order valence-electron chi connectivity index (χ3n) is 4.11. The van der Waals surface area contributed by atoms with Crippen molar-refractivity contribution in [3.05, 3.63) is 41.4 Å². The zero-order valence-corrected chi connectivity index (χ0v) is 15.0. The van der Waals surface area contributed by atoms with Crippen LogP contribution in [0.4, 0.5) is 5.13 Å². The van der Waals surface area contributed by atoms with Gasteiger partial charge in [0.25, 0.3) is 0 Å². The van der Waals surface area contributed by atoms with Gasteiger partial charge in [0.1, 0.15) is 0 Å². The van der Waals surface area contributed by atoms with Gasteiger partial charge in [-0.05, 0) is 23.6 Å². The van der Waals surface area contributed by atoms with E-state index in [1.807, 2.05) is 17.5 Å². The van der Waals surface area contributed by atoms with E-state index < -0.39 is 10.0 Å². The third-order valence-corrected chi connectivity index (χ3v) is 6.86. The largest absolute Gasteiger partial charge is 0.345 e. The molecule has 1 saturated heterocycles. The van der Waals surface area contributed by atoms with Crippen molar-refractivity contribution in [3.63, 3.8) is 0 Å². The number of piperazine rings is 1. The summed E-state index contributed by atoms with van der Waals surface area (Å²) in [4.78, 5) is 6.80. The molecule has 1 aliphatic rings. The number of aromatic nitrogens is 1. The van der Waals surface area contributed by atoms with Crippen LogP contribution in [0.3, 0.4) is 0 Å². The predicted octanol–water partition coefficient (Wildman–Crippen LogP) is 2.78. The zero-order valence-electron chi connectivity index (χ0n) is 13.3. The van der Waals surface area contributed by atoms with Crippen molar-refractivity contribution in [2.45, 2.75) is 24.7 Å². The smallest absolute Gasteiger partial charge is 0.243 e. The van der Waals surface area contributed by atoms with Crippen molar-refractivity contribution in [3.8, 4) is 0 Å². The number of hydrogen-bond acceptors (Lipinski definition) is 5. The van der Waals surface area contributed by atoms with Crippen molar-refractivity contribution in [2.75, 3.05) is 31.1 Å². The van der Waals surface area contributed by atoms with Crippen molar-refractivity contribution in [2.24, 2.45) is 0 Å². The molecule has 3 rings (SSSR count). The van der Waals surface area contributed by atoms with E-state index in [1.165, 1.54) is 0 Å². The summed E-state index contributed by atoms with van der Waals surface area (Å²) in [5.41, 5.74) is 1.15. The highest BCUT2D eigenvalue weighted by atomic mass is 32.2. The van der Waals surface area contributed by atoms with Gasteiger partial charge in [-0.1, -0.05) is 26.0 Å². The first kappa shape index (κ1) is 16.4. The maximum Gasteiger partial charge on any atom is 0.243 e. The van der Waals surface area contributed by atoms with E-state index in [0.29, 0.717) is 37.0 Å². The summed E-state index contributed by atoms with van der Waals surface area (Å²) >= 11 is 1.59. The third kappa shape index (κ3) is 3.41. The van der Waals surface area contributed by atoms with Crippen molar-refractivity contribution in [1.29, 1.82) is 0 Å². The molecule has 0 saturated carbocycles. The first-order valence-corrected chi connectivity index (χ1v) is 10.0. The Morgan fingerprint density at radius 3 is 2.26 bits per heavy atom. The maximum absolute atomic E-state index is 12.8. The second kappa shape index (κ2) is 6.59. The van der Waals surface area contributed by atoms with Crippen molar-refractivity contribution in [1.82, 2.24) is 9.29 Å². The summed E-state index contributed by atoms with van der Waals surface area (Å²) < 4.78 is 27.1. The average molecular weight is 351 g/mol. The van der Waals surface area contributed by atoms with Crippen LogP contribution in [-0.4, -0.2) is 43.9 Å². The highest BCUT2D eigenvalue weighted by Gasteiger charge is 2.29. The molecule has 2 aromatic rings. The van der Waals surface area contributed by atoms with E-state index in [0.717, 1.165) is 10.7 Å². The van der Waals surface area contributed by atoms with E-state index in [4.69, 9.17) is 0 Å². The molecule has 0 radical (unpaired) electrons. The number of anilines is 1. The fourth-order valence-electron chi connectivity index (χ4n) is 2.67. The molecule has 124 valence electrons. The Bertz CT molecular complexity index is 732. The number of thiazole rings is 1. The van der Waals surface area contributed by atoms with Gasteiger partial charge in [-0.3, -0.25) is 0 Å². The van der Waals surface area contributed by atoms with Crippen LogP contribution in [0.1, 0.15) is 25.3 Å². The monoisotopic (exact) mass is 351 g/mol. The van der Waals surface area contributed by atoms with Gasteiger partial charge in [-0.25, -0.2) is 13.4 Å². The van der Waals surface area contributed by atoms with Crippen LogP contribution in [0.5, 0.6) is 0 Å². The van der Waals surface area contributed by atoms with Gasteiger partial charge in [0.05, 0.1) is 4.90 Å². The first-order valence-electron chi connectivity index (χ1n) is 7.73. The minimum absolute atomic E-state index is 0.379. The molecule has 1 aromatic carbocycles. The molecule has 2 heterocycles. The summed E-state index contributed by atoms with van der Waals surface area (Å²) in [5, 5.41) is 2.90. The molecule has 0 unspecified atom stereocenters. The van der Waals surface area contributed by atoms with E-state index in [2.05, 4.69) is 23.7 Å². The molecule has 0 atom stereocenters. The van der Waals surface area contributed by atoms with Gasteiger partial charge in [-0.2, -0.15) is 4.31 Å². The van der Waals surface area contributed by atoms with Crippen LogP contribution in [0, 0.1) is 0 Å². The quantitative estimate of drug-likeness (QED) is 0.850. The lowest BCUT2D eigenvalue weighted by atomic mass is 10.0. The van der Waals surface area contributed by atoms with E-state index in [-0.39, 0.29) is 0 Å². The highest BCUT2D eigenvalue weighted by molar-refractivity contribution is 7.89. The molecule has 0 bridgehead atoms. The Labute approximate surface area is 141 Å². The maximum atomic E-state index is 12.8. The average Bonchev–Trinajstić information content (AvgIpc) is 3.09. The molecule has 1 aromatic heterocycles. The zero-order chi connectivity index (χ0) is 16.4. The summed E-state index contributed by atoms with van der Waals surface area (Å²) in [6.07, 6.45) is 1.78. The molecule has 1 fully saturated rings. The van der Waals surface area contributed by atoms with Gasteiger partial charge >= 0.3 is 0 Å². The minimum Gasteiger partial charge on any atom is -0.345 e. The van der Waals surface area contributed by atoms with Crippen LogP contribution < -0.4 is 4.90 Å². The second-order valence-corrected chi connectivity index (χ2v) is 8.74. The summed E-state index contributed by atoms with van der Waals surface area (Å²) in [5.74, 6) is 0.397. The first-order chi connectivity index (χ1) is 11.0. The number of nitrogens with zero attached hydrogens (tertiary/aromatic N) is 3. The Balaban J connectivity index is 1.71. The summed E-state index contributed by atoms with van der Waals surface area (Å²) in [6.45, 7) is 6.54. The molecular formula is C16H21N3O2S2. The molecule has 7 heteroatoms. The minimum atomic E-state index is -3.41. The standard InChI is InChI=1S/C16H21N3O2S2/c1-13(2)14-3-5-15(6-4-14)23(20,21)19-10-8-18(9-11-19)16-17-7-12-22-16/h3-7,12-13H,8-11H2,1-2H3. The Morgan fingerprint density at radius 2 is 1.74 bits per heavy atom. The highest BCUT2D eigenvalue weighted by Crippen LogP contribution is 2.23. The van der Waals surface area contributed by atoms with Crippen molar-refractivity contribution >= 4 is 26.5 Å². The summed E-state index contributed by atoms with van der Waals surface area (Å²) in [6, 6.07) is 7.25. The lowest BCUT2D eigenvalue weighted by Crippen LogP contribution is -2.48.